The molecule has 8 heteroatoms. The lowest BCUT2D eigenvalue weighted by atomic mass is 9.75. The van der Waals surface area contributed by atoms with E-state index in [9.17, 15) is 5.11 Å². The van der Waals surface area contributed by atoms with Gasteiger partial charge in [-0.1, -0.05) is 30.1 Å². The molecule has 1 fully saturated rings. The smallest absolute Gasteiger partial charge is 0.153 e. The standard InChI is InChI=1S/C19H25Cl2N5O/c1-11-16(13-4-7-23-17(21)15(13)20)25-14(10-27)18(24-11)26-8-5-19(3,6-9-26)12(2)22/h4,7,12,27H,5-6,8-10,22H2,1-3H3/t12-/m1/s1. The van der Waals surface area contributed by atoms with Crippen LogP contribution < -0.4 is 10.6 Å². The van der Waals surface area contributed by atoms with Gasteiger partial charge in [-0.05, 0) is 38.2 Å². The Bertz CT molecular complexity index is 835. The number of aliphatic hydroxyl groups is 1. The Labute approximate surface area is 169 Å². The van der Waals surface area contributed by atoms with Crippen molar-refractivity contribution in [3.8, 4) is 11.3 Å². The first kappa shape index (κ1) is 20.3. The maximum atomic E-state index is 9.91. The van der Waals surface area contributed by atoms with Crippen molar-refractivity contribution < 1.29 is 5.11 Å². The van der Waals surface area contributed by atoms with Crippen LogP contribution in [0.15, 0.2) is 12.3 Å². The third-order valence-corrected chi connectivity index (χ3v) is 6.44. The van der Waals surface area contributed by atoms with Gasteiger partial charge in [0.2, 0.25) is 0 Å². The molecule has 0 unspecified atom stereocenters. The Balaban J connectivity index is 1.95. The number of aliphatic hydroxyl groups excluding tert-OH is 1. The Morgan fingerprint density at radius 1 is 1.30 bits per heavy atom. The lowest BCUT2D eigenvalue weighted by Gasteiger charge is -2.42. The van der Waals surface area contributed by atoms with Gasteiger partial charge < -0.3 is 15.7 Å². The van der Waals surface area contributed by atoms with E-state index in [4.69, 9.17) is 33.9 Å². The SMILES string of the molecule is Cc1nc(N2CCC(C)([C@@H](C)N)CC2)c(CO)nc1-c1ccnc(Cl)c1Cl. The first-order chi connectivity index (χ1) is 12.8. The highest BCUT2D eigenvalue weighted by molar-refractivity contribution is 6.42. The summed E-state index contributed by atoms with van der Waals surface area (Å²) in [5.74, 6) is 0.724. The fourth-order valence-electron chi connectivity index (χ4n) is 3.44. The van der Waals surface area contributed by atoms with E-state index in [1.165, 1.54) is 0 Å². The third-order valence-electron chi connectivity index (χ3n) is 5.68. The molecular formula is C19H25Cl2N5O. The number of hydrogen-bond donors (Lipinski definition) is 2. The zero-order valence-electron chi connectivity index (χ0n) is 15.8. The highest BCUT2D eigenvalue weighted by Gasteiger charge is 2.34. The number of pyridine rings is 1. The molecule has 1 saturated heterocycles. The Morgan fingerprint density at radius 3 is 2.56 bits per heavy atom. The number of nitrogens with zero attached hydrogens (tertiary/aromatic N) is 4. The van der Waals surface area contributed by atoms with Gasteiger partial charge in [0.1, 0.15) is 10.8 Å². The average Bonchev–Trinajstić information content (AvgIpc) is 2.64. The summed E-state index contributed by atoms with van der Waals surface area (Å²) < 4.78 is 0. The van der Waals surface area contributed by atoms with Crippen LogP contribution >= 0.6 is 23.2 Å². The van der Waals surface area contributed by atoms with Gasteiger partial charge in [-0.15, -0.1) is 0 Å². The minimum Gasteiger partial charge on any atom is -0.390 e. The molecule has 0 saturated carbocycles. The van der Waals surface area contributed by atoms with Crippen LogP contribution in [0, 0.1) is 12.3 Å². The number of hydrogen-bond acceptors (Lipinski definition) is 6. The van der Waals surface area contributed by atoms with Crippen LogP contribution in [0.4, 0.5) is 5.82 Å². The van der Waals surface area contributed by atoms with E-state index in [0.717, 1.165) is 37.4 Å². The third kappa shape index (κ3) is 3.90. The van der Waals surface area contributed by atoms with E-state index >= 15 is 0 Å². The van der Waals surface area contributed by atoms with Crippen molar-refractivity contribution in [2.45, 2.75) is 46.3 Å². The minimum absolute atomic E-state index is 0.125. The molecule has 0 amide bonds. The lowest BCUT2D eigenvalue weighted by molar-refractivity contribution is 0.204. The van der Waals surface area contributed by atoms with E-state index in [1.807, 2.05) is 6.92 Å². The van der Waals surface area contributed by atoms with Crippen LogP contribution in [-0.4, -0.2) is 39.2 Å². The van der Waals surface area contributed by atoms with Crippen molar-refractivity contribution in [2.75, 3.05) is 18.0 Å². The number of anilines is 1. The van der Waals surface area contributed by atoms with Gasteiger partial charge in [-0.2, -0.15) is 0 Å². The summed E-state index contributed by atoms with van der Waals surface area (Å²) in [6.45, 7) is 7.65. The predicted molar refractivity (Wildman–Crippen MR) is 109 cm³/mol. The average molecular weight is 410 g/mol. The molecule has 0 spiro atoms. The van der Waals surface area contributed by atoms with Crippen molar-refractivity contribution in [1.82, 2.24) is 15.0 Å². The monoisotopic (exact) mass is 409 g/mol. The molecule has 3 rings (SSSR count). The van der Waals surface area contributed by atoms with Gasteiger partial charge in [0.15, 0.2) is 5.82 Å². The van der Waals surface area contributed by atoms with Crippen molar-refractivity contribution in [2.24, 2.45) is 11.1 Å². The van der Waals surface area contributed by atoms with Crippen LogP contribution in [0.25, 0.3) is 11.3 Å². The second-order valence-electron chi connectivity index (χ2n) is 7.48. The zero-order valence-corrected chi connectivity index (χ0v) is 17.3. The first-order valence-corrected chi connectivity index (χ1v) is 9.81. The van der Waals surface area contributed by atoms with Crippen LogP contribution in [0.1, 0.15) is 38.1 Å². The highest BCUT2D eigenvalue weighted by atomic mass is 35.5. The molecule has 2 aromatic rings. The van der Waals surface area contributed by atoms with E-state index in [-0.39, 0.29) is 23.2 Å². The van der Waals surface area contributed by atoms with Gasteiger partial charge in [0.05, 0.1) is 23.0 Å². The molecular weight excluding hydrogens is 385 g/mol. The van der Waals surface area contributed by atoms with Gasteiger partial charge in [0, 0.05) is 30.9 Å². The van der Waals surface area contributed by atoms with Crippen molar-refractivity contribution in [3.63, 3.8) is 0 Å². The maximum absolute atomic E-state index is 9.91. The summed E-state index contributed by atoms with van der Waals surface area (Å²) >= 11 is 12.3. The lowest BCUT2D eigenvalue weighted by Crippen LogP contribution is -2.47. The molecule has 0 radical (unpaired) electrons. The van der Waals surface area contributed by atoms with Gasteiger partial charge >= 0.3 is 0 Å². The van der Waals surface area contributed by atoms with Crippen LogP contribution in [0.3, 0.4) is 0 Å². The zero-order chi connectivity index (χ0) is 19.8. The summed E-state index contributed by atoms with van der Waals surface area (Å²) in [5, 5.41) is 10.5. The Kier molecular flexibility index (Phi) is 5.91. The number of rotatable bonds is 4. The molecule has 27 heavy (non-hydrogen) atoms. The molecule has 3 N–H and O–H groups in total. The number of piperidine rings is 1. The van der Waals surface area contributed by atoms with Crippen LogP contribution in [-0.2, 0) is 6.61 Å². The summed E-state index contributed by atoms with van der Waals surface area (Å²) in [6.07, 6.45) is 3.53. The van der Waals surface area contributed by atoms with E-state index in [0.29, 0.717) is 22.0 Å². The molecule has 0 aromatic carbocycles. The largest absolute Gasteiger partial charge is 0.390 e. The van der Waals surface area contributed by atoms with Crippen molar-refractivity contribution in [1.29, 1.82) is 0 Å². The fourth-order valence-corrected chi connectivity index (χ4v) is 3.80. The van der Waals surface area contributed by atoms with Gasteiger partial charge in [0.25, 0.3) is 0 Å². The molecule has 1 aliphatic heterocycles. The molecule has 3 heterocycles. The minimum atomic E-state index is -0.201. The molecule has 6 nitrogen and oxygen atoms in total. The second-order valence-corrected chi connectivity index (χ2v) is 8.22. The molecule has 2 aromatic heterocycles. The van der Waals surface area contributed by atoms with Gasteiger partial charge in [-0.3, -0.25) is 0 Å². The van der Waals surface area contributed by atoms with E-state index < -0.39 is 0 Å². The maximum Gasteiger partial charge on any atom is 0.153 e. The molecule has 1 atom stereocenters. The molecule has 0 bridgehead atoms. The van der Waals surface area contributed by atoms with Crippen LogP contribution in [0.2, 0.25) is 10.2 Å². The number of aryl methyl sites for hydroxylation is 1. The number of aromatic nitrogens is 3. The van der Waals surface area contributed by atoms with E-state index in [1.54, 1.807) is 12.3 Å². The molecule has 1 aliphatic rings. The highest BCUT2D eigenvalue weighted by Crippen LogP contribution is 2.37. The summed E-state index contributed by atoms with van der Waals surface area (Å²) in [7, 11) is 0. The van der Waals surface area contributed by atoms with Crippen LogP contribution in [0.5, 0.6) is 0 Å². The summed E-state index contributed by atoms with van der Waals surface area (Å²) in [4.78, 5) is 15.6. The van der Waals surface area contributed by atoms with Crippen molar-refractivity contribution in [3.05, 3.63) is 33.8 Å². The Hall–Kier alpha value is -1.47. The van der Waals surface area contributed by atoms with E-state index in [2.05, 4.69) is 28.7 Å². The Morgan fingerprint density at radius 2 is 1.96 bits per heavy atom. The topological polar surface area (TPSA) is 88.2 Å². The molecule has 0 aliphatic carbocycles. The second kappa shape index (κ2) is 7.87. The number of nitrogens with two attached hydrogens (primary N) is 1. The van der Waals surface area contributed by atoms with Gasteiger partial charge in [-0.25, -0.2) is 15.0 Å². The quantitative estimate of drug-likeness (QED) is 0.749. The summed E-state index contributed by atoms with van der Waals surface area (Å²) in [5.41, 5.74) is 8.81. The number of halogens is 2. The van der Waals surface area contributed by atoms with Crippen molar-refractivity contribution >= 4 is 29.0 Å². The fraction of sp³-hybridized carbons (Fsp3) is 0.526. The normalized spacial score (nSPS) is 17.8. The predicted octanol–water partition coefficient (Wildman–Crippen LogP) is 3.60. The molecule has 146 valence electrons. The summed E-state index contributed by atoms with van der Waals surface area (Å²) in [6, 6.07) is 1.90. The first-order valence-electron chi connectivity index (χ1n) is 9.06.